The zero-order valence-electron chi connectivity index (χ0n) is 13.6. The highest BCUT2D eigenvalue weighted by molar-refractivity contribution is 5.94. The summed E-state index contributed by atoms with van der Waals surface area (Å²) in [6.45, 7) is 4.42. The van der Waals surface area contributed by atoms with Gasteiger partial charge in [-0.15, -0.1) is 0 Å². The molecule has 0 amide bonds. The second-order valence-electron chi connectivity index (χ2n) is 5.84. The second-order valence-corrected chi connectivity index (χ2v) is 5.84. The maximum atomic E-state index is 9.23. The van der Waals surface area contributed by atoms with Crippen LogP contribution in [0.4, 0.5) is 5.95 Å². The molecule has 1 atom stereocenters. The number of aliphatic imine (C=N–C) groups is 1. The molecule has 0 radical (unpaired) electrons. The smallest absolute Gasteiger partial charge is 0.212 e. The summed E-state index contributed by atoms with van der Waals surface area (Å²) in [6, 6.07) is 7.91. The molecule has 2 aromatic heterocycles. The van der Waals surface area contributed by atoms with Crippen LogP contribution in [0.1, 0.15) is 23.1 Å². The predicted molar refractivity (Wildman–Crippen MR) is 91.9 cm³/mol. The molecule has 8 heteroatoms. The van der Waals surface area contributed by atoms with Crippen molar-refractivity contribution in [2.24, 2.45) is 10.7 Å². The van der Waals surface area contributed by atoms with Gasteiger partial charge < -0.3 is 10.8 Å². The van der Waals surface area contributed by atoms with E-state index in [4.69, 9.17) is 5.73 Å². The molecule has 8 nitrogen and oxygen atoms in total. The van der Waals surface area contributed by atoms with Gasteiger partial charge in [-0.25, -0.2) is 9.98 Å². The first kappa shape index (κ1) is 14.7. The van der Waals surface area contributed by atoms with Crippen LogP contribution in [0.25, 0.3) is 11.0 Å². The Morgan fingerprint density at radius 2 is 2.08 bits per heavy atom. The largest absolute Gasteiger partial charge is 0.394 e. The highest BCUT2D eigenvalue weighted by Crippen LogP contribution is 2.34. The minimum Gasteiger partial charge on any atom is -0.394 e. The molecule has 1 aliphatic rings. The molecule has 1 unspecified atom stereocenters. The summed E-state index contributed by atoms with van der Waals surface area (Å²) >= 11 is 0. The van der Waals surface area contributed by atoms with Gasteiger partial charge in [0.1, 0.15) is 0 Å². The van der Waals surface area contributed by atoms with Crippen molar-refractivity contribution < 1.29 is 5.11 Å². The van der Waals surface area contributed by atoms with Gasteiger partial charge in [0.2, 0.25) is 5.95 Å². The molecule has 3 heterocycles. The Bertz CT molecular complexity index is 953. The standard InChI is InChI=1S/C16H19N7O/c1-9-13(10(2)22(21-9)7-8-24)14-19-15(17)20-16-18-11-5-3-4-6-12(11)23(14)16/h3-6,14,24H,7-8H2,1-2H3,(H3,17,18,19,20). The molecule has 24 heavy (non-hydrogen) atoms. The van der Waals surface area contributed by atoms with Gasteiger partial charge in [-0.3, -0.25) is 14.6 Å². The van der Waals surface area contributed by atoms with Gasteiger partial charge in [-0.05, 0) is 26.0 Å². The molecule has 3 aromatic rings. The van der Waals surface area contributed by atoms with E-state index in [1.807, 2.05) is 42.7 Å². The number of hydrogen-bond donors (Lipinski definition) is 3. The zero-order chi connectivity index (χ0) is 16.8. The lowest BCUT2D eigenvalue weighted by Gasteiger charge is -2.24. The number of aliphatic hydroxyl groups is 1. The molecule has 1 aromatic carbocycles. The van der Waals surface area contributed by atoms with Crippen molar-refractivity contribution in [1.29, 1.82) is 0 Å². The van der Waals surface area contributed by atoms with E-state index in [2.05, 4.69) is 20.4 Å². The van der Waals surface area contributed by atoms with Crippen molar-refractivity contribution in [2.75, 3.05) is 11.9 Å². The van der Waals surface area contributed by atoms with E-state index >= 15 is 0 Å². The summed E-state index contributed by atoms with van der Waals surface area (Å²) in [5.74, 6) is 0.999. The highest BCUT2D eigenvalue weighted by atomic mass is 16.3. The number of imidazole rings is 1. The maximum absolute atomic E-state index is 9.23. The molecule has 1 aliphatic heterocycles. The summed E-state index contributed by atoms with van der Waals surface area (Å²) in [5.41, 5.74) is 10.7. The second kappa shape index (κ2) is 5.34. The molecule has 0 aliphatic carbocycles. The molecular weight excluding hydrogens is 306 g/mol. The fraction of sp³-hybridized carbons (Fsp3) is 0.312. The van der Waals surface area contributed by atoms with E-state index in [0.717, 1.165) is 28.0 Å². The predicted octanol–water partition coefficient (Wildman–Crippen LogP) is 1.13. The number of hydrogen-bond acceptors (Lipinski definition) is 6. The van der Waals surface area contributed by atoms with Crippen LogP contribution in [0.5, 0.6) is 0 Å². The topological polar surface area (TPSA) is 106 Å². The Kier molecular flexibility index (Phi) is 3.27. The van der Waals surface area contributed by atoms with Crippen molar-refractivity contribution in [1.82, 2.24) is 19.3 Å². The van der Waals surface area contributed by atoms with Crippen LogP contribution in [0.3, 0.4) is 0 Å². The Hall–Kier alpha value is -2.87. The van der Waals surface area contributed by atoms with E-state index in [0.29, 0.717) is 18.5 Å². The molecule has 0 spiro atoms. The molecule has 0 saturated carbocycles. The van der Waals surface area contributed by atoms with Gasteiger partial charge in [0, 0.05) is 11.3 Å². The Labute approximate surface area is 138 Å². The normalized spacial score (nSPS) is 16.8. The SMILES string of the molecule is Cc1nn(CCO)c(C)c1C1N=C(N)Nc2nc3ccccc3n21. The Morgan fingerprint density at radius 1 is 1.29 bits per heavy atom. The number of benzene rings is 1. The van der Waals surface area contributed by atoms with Crippen LogP contribution in [0, 0.1) is 13.8 Å². The lowest BCUT2D eigenvalue weighted by atomic mass is 10.1. The Balaban J connectivity index is 1.95. The minimum absolute atomic E-state index is 0.0400. The number of nitrogens with one attached hydrogen (secondary N) is 1. The number of fused-ring (bicyclic) bond motifs is 3. The van der Waals surface area contributed by atoms with Crippen LogP contribution in [0.15, 0.2) is 29.3 Å². The van der Waals surface area contributed by atoms with E-state index in [1.54, 1.807) is 4.68 Å². The molecule has 0 fully saturated rings. The van der Waals surface area contributed by atoms with Gasteiger partial charge in [-0.1, -0.05) is 12.1 Å². The van der Waals surface area contributed by atoms with Crippen molar-refractivity contribution in [3.8, 4) is 0 Å². The molecule has 4 rings (SSSR count). The van der Waals surface area contributed by atoms with E-state index in [1.165, 1.54) is 0 Å². The average Bonchev–Trinajstić information content (AvgIpc) is 3.04. The Morgan fingerprint density at radius 3 is 2.88 bits per heavy atom. The number of aryl methyl sites for hydroxylation is 1. The van der Waals surface area contributed by atoms with Gasteiger partial charge in [0.05, 0.1) is 29.9 Å². The summed E-state index contributed by atoms with van der Waals surface area (Å²) in [6.07, 6.45) is -0.332. The first-order chi connectivity index (χ1) is 11.6. The maximum Gasteiger partial charge on any atom is 0.212 e. The van der Waals surface area contributed by atoms with E-state index in [9.17, 15) is 5.11 Å². The first-order valence-corrected chi connectivity index (χ1v) is 7.82. The summed E-state index contributed by atoms with van der Waals surface area (Å²) < 4.78 is 3.84. The third-order valence-corrected chi connectivity index (χ3v) is 4.35. The molecule has 0 bridgehead atoms. The molecular formula is C16H19N7O. The number of aliphatic hydroxyl groups excluding tert-OH is 1. The first-order valence-electron chi connectivity index (χ1n) is 7.82. The zero-order valence-corrected chi connectivity index (χ0v) is 13.6. The fourth-order valence-corrected chi connectivity index (χ4v) is 3.31. The molecule has 0 saturated heterocycles. The number of guanidine groups is 1. The average molecular weight is 325 g/mol. The summed E-state index contributed by atoms with van der Waals surface area (Å²) in [4.78, 5) is 9.21. The van der Waals surface area contributed by atoms with Crippen LogP contribution < -0.4 is 11.1 Å². The highest BCUT2D eigenvalue weighted by Gasteiger charge is 2.29. The van der Waals surface area contributed by atoms with Crippen LogP contribution >= 0.6 is 0 Å². The number of rotatable bonds is 3. The fourth-order valence-electron chi connectivity index (χ4n) is 3.31. The van der Waals surface area contributed by atoms with Crippen molar-refractivity contribution in [2.45, 2.75) is 26.6 Å². The number of aromatic nitrogens is 4. The summed E-state index contributed by atoms with van der Waals surface area (Å²) in [7, 11) is 0. The lowest BCUT2D eigenvalue weighted by molar-refractivity contribution is 0.267. The summed E-state index contributed by atoms with van der Waals surface area (Å²) in [5, 5.41) is 16.8. The van der Waals surface area contributed by atoms with Crippen LogP contribution in [0.2, 0.25) is 0 Å². The lowest BCUT2D eigenvalue weighted by Crippen LogP contribution is -2.31. The van der Waals surface area contributed by atoms with Crippen molar-refractivity contribution >= 4 is 22.9 Å². The van der Waals surface area contributed by atoms with Gasteiger partial charge in [0.15, 0.2) is 12.1 Å². The monoisotopic (exact) mass is 325 g/mol. The van der Waals surface area contributed by atoms with Crippen molar-refractivity contribution in [3.63, 3.8) is 0 Å². The number of nitrogens with two attached hydrogens (primary N) is 1. The number of anilines is 1. The third-order valence-electron chi connectivity index (χ3n) is 4.35. The number of nitrogens with zero attached hydrogens (tertiary/aromatic N) is 5. The molecule has 4 N–H and O–H groups in total. The van der Waals surface area contributed by atoms with Crippen LogP contribution in [-0.2, 0) is 6.54 Å². The quantitative estimate of drug-likeness (QED) is 0.669. The van der Waals surface area contributed by atoms with Crippen LogP contribution in [-0.4, -0.2) is 37.0 Å². The number of para-hydroxylation sites is 2. The van der Waals surface area contributed by atoms with Crippen molar-refractivity contribution in [3.05, 3.63) is 41.2 Å². The van der Waals surface area contributed by atoms with Gasteiger partial charge in [-0.2, -0.15) is 5.10 Å². The third kappa shape index (κ3) is 2.07. The molecule has 124 valence electrons. The van der Waals surface area contributed by atoms with Gasteiger partial charge >= 0.3 is 0 Å². The minimum atomic E-state index is -0.332. The van der Waals surface area contributed by atoms with Gasteiger partial charge in [0.25, 0.3) is 0 Å². The van der Waals surface area contributed by atoms with E-state index < -0.39 is 0 Å². The van der Waals surface area contributed by atoms with E-state index in [-0.39, 0.29) is 12.8 Å².